The van der Waals surface area contributed by atoms with Gasteiger partial charge in [0.2, 0.25) is 0 Å². The Kier molecular flexibility index (Phi) is 4.45. The second-order valence-electron chi connectivity index (χ2n) is 6.97. The highest BCUT2D eigenvalue weighted by molar-refractivity contribution is 5.64. The van der Waals surface area contributed by atoms with Crippen LogP contribution in [0.5, 0.6) is 0 Å². The van der Waals surface area contributed by atoms with Crippen LogP contribution >= 0.6 is 0 Å². The maximum atomic E-state index is 3.49. The van der Waals surface area contributed by atoms with Gasteiger partial charge >= 0.3 is 0 Å². The molecule has 1 atom stereocenters. The van der Waals surface area contributed by atoms with Gasteiger partial charge in [-0.3, -0.25) is 4.90 Å². The lowest BCUT2D eigenvalue weighted by atomic mass is 9.95. The molecule has 23 heavy (non-hydrogen) atoms. The van der Waals surface area contributed by atoms with Crippen LogP contribution in [0.3, 0.4) is 0 Å². The molecule has 2 aromatic carbocycles. The lowest BCUT2D eigenvalue weighted by Crippen LogP contribution is -2.45. The third-order valence-corrected chi connectivity index (χ3v) is 5.22. The lowest BCUT2D eigenvalue weighted by Gasteiger charge is -2.35. The molecule has 1 saturated heterocycles. The van der Waals surface area contributed by atoms with Crippen molar-refractivity contribution in [2.45, 2.75) is 25.3 Å². The molecule has 4 rings (SSSR count). The van der Waals surface area contributed by atoms with Crippen LogP contribution in [0, 0.1) is 5.92 Å². The standard InChI is InChI=1S/C21H26N2/c1-2-5-18(6-3-1)19-7-4-8-20(16-19)21(15-17-9-10-17)23-13-11-22-12-14-23/h1-8,16-17,21-22H,9-15H2/t21-/m1/s1. The Balaban J connectivity index is 1.62. The largest absolute Gasteiger partial charge is 0.314 e. The molecule has 120 valence electrons. The summed E-state index contributed by atoms with van der Waals surface area (Å²) in [4.78, 5) is 2.69. The van der Waals surface area contributed by atoms with Gasteiger partial charge in [0.1, 0.15) is 0 Å². The number of nitrogens with zero attached hydrogens (tertiary/aromatic N) is 1. The molecule has 1 N–H and O–H groups in total. The fourth-order valence-corrected chi connectivity index (χ4v) is 3.72. The molecule has 2 aromatic rings. The summed E-state index contributed by atoms with van der Waals surface area (Å²) >= 11 is 0. The van der Waals surface area contributed by atoms with Gasteiger partial charge in [-0.25, -0.2) is 0 Å². The second-order valence-corrected chi connectivity index (χ2v) is 6.97. The van der Waals surface area contributed by atoms with E-state index in [-0.39, 0.29) is 0 Å². The van der Waals surface area contributed by atoms with Crippen LogP contribution in [0.15, 0.2) is 54.6 Å². The Morgan fingerprint density at radius 1 is 0.913 bits per heavy atom. The summed E-state index contributed by atoms with van der Waals surface area (Å²) in [6, 6.07) is 20.6. The maximum absolute atomic E-state index is 3.49. The summed E-state index contributed by atoms with van der Waals surface area (Å²) < 4.78 is 0. The molecule has 2 aliphatic rings. The van der Waals surface area contributed by atoms with E-state index in [9.17, 15) is 0 Å². The van der Waals surface area contributed by atoms with E-state index in [1.807, 2.05) is 0 Å². The van der Waals surface area contributed by atoms with E-state index in [0.29, 0.717) is 6.04 Å². The van der Waals surface area contributed by atoms with E-state index in [2.05, 4.69) is 64.8 Å². The summed E-state index contributed by atoms with van der Waals surface area (Å²) in [6.07, 6.45) is 4.19. The molecule has 1 heterocycles. The molecule has 0 aromatic heterocycles. The third kappa shape index (κ3) is 3.65. The van der Waals surface area contributed by atoms with E-state index in [0.717, 1.165) is 19.0 Å². The number of rotatable bonds is 5. The first-order valence-electron chi connectivity index (χ1n) is 9.00. The molecule has 1 aliphatic carbocycles. The van der Waals surface area contributed by atoms with Crippen molar-refractivity contribution in [1.82, 2.24) is 10.2 Å². The van der Waals surface area contributed by atoms with E-state index in [1.54, 1.807) is 0 Å². The zero-order valence-electron chi connectivity index (χ0n) is 13.7. The highest BCUT2D eigenvalue weighted by Gasteiger charge is 2.30. The lowest BCUT2D eigenvalue weighted by molar-refractivity contribution is 0.160. The average molecular weight is 306 g/mol. The predicted octanol–water partition coefficient (Wildman–Crippen LogP) is 4.10. The van der Waals surface area contributed by atoms with Crippen LogP contribution < -0.4 is 5.32 Å². The van der Waals surface area contributed by atoms with Crippen LogP contribution in [0.4, 0.5) is 0 Å². The van der Waals surface area contributed by atoms with Crippen LogP contribution in [0.1, 0.15) is 30.9 Å². The first-order chi connectivity index (χ1) is 11.4. The van der Waals surface area contributed by atoms with Gasteiger partial charge in [0.25, 0.3) is 0 Å². The molecule has 1 aliphatic heterocycles. The van der Waals surface area contributed by atoms with Crippen molar-refractivity contribution >= 4 is 0 Å². The zero-order valence-corrected chi connectivity index (χ0v) is 13.7. The molecule has 2 heteroatoms. The summed E-state index contributed by atoms with van der Waals surface area (Å²) in [7, 11) is 0. The number of hydrogen-bond acceptors (Lipinski definition) is 2. The molecule has 2 fully saturated rings. The first kappa shape index (κ1) is 14.9. The Labute approximate surface area is 139 Å². The van der Waals surface area contributed by atoms with E-state index >= 15 is 0 Å². The van der Waals surface area contributed by atoms with Crippen molar-refractivity contribution in [3.8, 4) is 11.1 Å². The van der Waals surface area contributed by atoms with Gasteiger partial charge in [0.15, 0.2) is 0 Å². The topological polar surface area (TPSA) is 15.3 Å². The minimum absolute atomic E-state index is 0.591. The van der Waals surface area contributed by atoms with Gasteiger partial charge in [-0.2, -0.15) is 0 Å². The summed E-state index contributed by atoms with van der Waals surface area (Å²) in [5.41, 5.74) is 4.17. The zero-order chi connectivity index (χ0) is 15.5. The number of hydrogen-bond donors (Lipinski definition) is 1. The van der Waals surface area contributed by atoms with E-state index < -0.39 is 0 Å². The first-order valence-corrected chi connectivity index (χ1v) is 9.00. The van der Waals surface area contributed by atoms with Crippen LogP contribution in [0.25, 0.3) is 11.1 Å². The quantitative estimate of drug-likeness (QED) is 0.894. The molecule has 0 spiro atoms. The van der Waals surface area contributed by atoms with Crippen molar-refractivity contribution in [2.75, 3.05) is 26.2 Å². The summed E-state index contributed by atoms with van der Waals surface area (Å²) in [5, 5.41) is 3.49. The van der Waals surface area contributed by atoms with Gasteiger partial charge in [-0.1, -0.05) is 61.4 Å². The Bertz CT molecular complexity index is 627. The second kappa shape index (κ2) is 6.86. The van der Waals surface area contributed by atoms with Gasteiger partial charge < -0.3 is 5.32 Å². The minimum atomic E-state index is 0.591. The number of nitrogens with one attached hydrogen (secondary N) is 1. The normalized spacial score (nSPS) is 20.3. The highest BCUT2D eigenvalue weighted by Crippen LogP contribution is 2.40. The molecular weight excluding hydrogens is 280 g/mol. The SMILES string of the molecule is c1ccc(-c2cccc([C@@H](CC3CC3)N3CCNCC3)c2)cc1. The van der Waals surface area contributed by atoms with Crippen molar-refractivity contribution in [2.24, 2.45) is 5.92 Å². The van der Waals surface area contributed by atoms with Crippen molar-refractivity contribution in [3.63, 3.8) is 0 Å². The maximum Gasteiger partial charge on any atom is 0.0352 e. The van der Waals surface area contributed by atoms with E-state index in [1.165, 1.54) is 49.0 Å². The van der Waals surface area contributed by atoms with E-state index in [4.69, 9.17) is 0 Å². The average Bonchev–Trinajstić information content (AvgIpc) is 3.46. The third-order valence-electron chi connectivity index (χ3n) is 5.22. The Hall–Kier alpha value is -1.64. The molecule has 2 nitrogen and oxygen atoms in total. The molecule has 0 radical (unpaired) electrons. The highest BCUT2D eigenvalue weighted by atomic mass is 15.2. The van der Waals surface area contributed by atoms with Gasteiger partial charge in [0, 0.05) is 32.2 Å². The molecule has 1 saturated carbocycles. The fraction of sp³-hybridized carbons (Fsp3) is 0.429. The predicted molar refractivity (Wildman–Crippen MR) is 96.4 cm³/mol. The van der Waals surface area contributed by atoms with Gasteiger partial charge in [0.05, 0.1) is 0 Å². The Morgan fingerprint density at radius 3 is 2.39 bits per heavy atom. The molecule has 0 unspecified atom stereocenters. The summed E-state index contributed by atoms with van der Waals surface area (Å²) in [6.45, 7) is 4.60. The monoisotopic (exact) mass is 306 g/mol. The summed E-state index contributed by atoms with van der Waals surface area (Å²) in [5.74, 6) is 0.954. The minimum Gasteiger partial charge on any atom is -0.314 e. The van der Waals surface area contributed by atoms with Crippen LogP contribution in [-0.2, 0) is 0 Å². The Morgan fingerprint density at radius 2 is 1.65 bits per heavy atom. The van der Waals surface area contributed by atoms with Gasteiger partial charge in [-0.05, 0) is 35.1 Å². The smallest absolute Gasteiger partial charge is 0.0352 e. The number of piperazine rings is 1. The van der Waals surface area contributed by atoms with Crippen molar-refractivity contribution in [1.29, 1.82) is 0 Å². The number of benzene rings is 2. The molecule has 0 amide bonds. The molecule has 0 bridgehead atoms. The van der Waals surface area contributed by atoms with Crippen LogP contribution in [-0.4, -0.2) is 31.1 Å². The van der Waals surface area contributed by atoms with Crippen molar-refractivity contribution in [3.05, 3.63) is 60.2 Å². The van der Waals surface area contributed by atoms with Crippen molar-refractivity contribution < 1.29 is 0 Å². The van der Waals surface area contributed by atoms with Crippen LogP contribution in [0.2, 0.25) is 0 Å². The fourth-order valence-electron chi connectivity index (χ4n) is 3.72. The molecular formula is C21H26N2. The van der Waals surface area contributed by atoms with Gasteiger partial charge in [-0.15, -0.1) is 0 Å².